The molecule has 0 saturated heterocycles. The molecule has 1 unspecified atom stereocenters. The van der Waals surface area contributed by atoms with Crippen LogP contribution in [0.2, 0.25) is 0 Å². The van der Waals surface area contributed by atoms with Crippen LogP contribution >= 0.6 is 12.4 Å². The number of amides is 1. The van der Waals surface area contributed by atoms with Gasteiger partial charge < -0.3 is 15.8 Å². The lowest BCUT2D eigenvalue weighted by Gasteiger charge is -2.23. The molecule has 0 aromatic carbocycles. The third-order valence-corrected chi connectivity index (χ3v) is 2.90. The highest BCUT2D eigenvalue weighted by molar-refractivity contribution is 5.86. The zero-order valence-electron chi connectivity index (χ0n) is 9.41. The van der Waals surface area contributed by atoms with E-state index in [0.717, 1.165) is 25.7 Å². The lowest BCUT2D eigenvalue weighted by atomic mass is 9.98. The minimum atomic E-state index is -0.618. The molecular formula is C10H21ClN2O2. The molecule has 1 atom stereocenters. The van der Waals surface area contributed by atoms with Crippen molar-refractivity contribution in [2.45, 2.75) is 44.2 Å². The van der Waals surface area contributed by atoms with Crippen LogP contribution in [0.3, 0.4) is 0 Å². The third kappa shape index (κ3) is 3.97. The molecule has 90 valence electrons. The van der Waals surface area contributed by atoms with Gasteiger partial charge in [-0.3, -0.25) is 4.79 Å². The average Bonchev–Trinajstić information content (AvgIpc) is 2.62. The number of rotatable bonds is 4. The minimum Gasteiger partial charge on any atom is -0.380 e. The van der Waals surface area contributed by atoms with E-state index in [1.165, 1.54) is 0 Å². The SMILES string of the molecule is COC(C)CNC(=O)C1(N)CCCC1.Cl. The van der Waals surface area contributed by atoms with Crippen molar-refractivity contribution in [2.75, 3.05) is 13.7 Å². The van der Waals surface area contributed by atoms with Crippen molar-refractivity contribution < 1.29 is 9.53 Å². The van der Waals surface area contributed by atoms with Crippen LogP contribution in [0, 0.1) is 0 Å². The first-order valence-electron chi connectivity index (χ1n) is 5.18. The van der Waals surface area contributed by atoms with Crippen molar-refractivity contribution in [3.63, 3.8) is 0 Å². The summed E-state index contributed by atoms with van der Waals surface area (Å²) in [5.41, 5.74) is 5.36. The fourth-order valence-corrected chi connectivity index (χ4v) is 1.73. The van der Waals surface area contributed by atoms with E-state index in [4.69, 9.17) is 10.5 Å². The van der Waals surface area contributed by atoms with E-state index >= 15 is 0 Å². The molecule has 15 heavy (non-hydrogen) atoms. The highest BCUT2D eigenvalue weighted by Crippen LogP contribution is 2.27. The zero-order chi connectivity index (χ0) is 10.6. The van der Waals surface area contributed by atoms with Gasteiger partial charge in [0.2, 0.25) is 5.91 Å². The smallest absolute Gasteiger partial charge is 0.240 e. The Morgan fingerprint density at radius 2 is 2.07 bits per heavy atom. The maximum Gasteiger partial charge on any atom is 0.240 e. The van der Waals surface area contributed by atoms with Crippen molar-refractivity contribution in [2.24, 2.45) is 5.73 Å². The van der Waals surface area contributed by atoms with Gasteiger partial charge in [-0.1, -0.05) is 12.8 Å². The van der Waals surface area contributed by atoms with Crippen LogP contribution in [0.1, 0.15) is 32.6 Å². The first-order valence-corrected chi connectivity index (χ1v) is 5.18. The largest absolute Gasteiger partial charge is 0.380 e. The lowest BCUT2D eigenvalue weighted by Crippen LogP contribution is -2.53. The van der Waals surface area contributed by atoms with Gasteiger partial charge >= 0.3 is 0 Å². The first kappa shape index (κ1) is 14.7. The van der Waals surface area contributed by atoms with E-state index in [1.807, 2.05) is 6.92 Å². The first-order chi connectivity index (χ1) is 6.58. The van der Waals surface area contributed by atoms with Crippen LogP contribution < -0.4 is 11.1 Å². The maximum atomic E-state index is 11.7. The topological polar surface area (TPSA) is 64.3 Å². The second kappa shape index (κ2) is 6.30. The van der Waals surface area contributed by atoms with Gasteiger partial charge in [0.1, 0.15) is 0 Å². The van der Waals surface area contributed by atoms with Crippen LogP contribution in [0.25, 0.3) is 0 Å². The molecule has 0 aromatic heterocycles. The summed E-state index contributed by atoms with van der Waals surface area (Å²) in [7, 11) is 1.63. The molecule has 0 aromatic rings. The normalized spacial score (nSPS) is 20.5. The van der Waals surface area contributed by atoms with Crippen molar-refractivity contribution >= 4 is 18.3 Å². The molecule has 1 rings (SSSR count). The number of carbonyl (C=O) groups excluding carboxylic acids is 1. The Kier molecular flexibility index (Phi) is 6.17. The van der Waals surface area contributed by atoms with E-state index in [9.17, 15) is 4.79 Å². The van der Waals surface area contributed by atoms with E-state index in [1.54, 1.807) is 7.11 Å². The van der Waals surface area contributed by atoms with Gasteiger partial charge in [-0.2, -0.15) is 0 Å². The van der Waals surface area contributed by atoms with E-state index in [2.05, 4.69) is 5.32 Å². The summed E-state index contributed by atoms with van der Waals surface area (Å²) in [5.74, 6) is -0.0288. The number of methoxy groups -OCH3 is 1. The van der Waals surface area contributed by atoms with Gasteiger partial charge in [-0.25, -0.2) is 0 Å². The van der Waals surface area contributed by atoms with Crippen LogP contribution in [0.4, 0.5) is 0 Å². The van der Waals surface area contributed by atoms with Gasteiger partial charge in [-0.15, -0.1) is 12.4 Å². The summed E-state index contributed by atoms with van der Waals surface area (Å²) in [6, 6.07) is 0. The predicted octanol–water partition coefficient (Wildman–Crippen LogP) is 0.831. The fourth-order valence-electron chi connectivity index (χ4n) is 1.73. The van der Waals surface area contributed by atoms with Gasteiger partial charge in [0.15, 0.2) is 0 Å². The number of nitrogens with one attached hydrogen (secondary N) is 1. The van der Waals surface area contributed by atoms with Crippen LogP contribution in [-0.4, -0.2) is 31.2 Å². The van der Waals surface area contributed by atoms with Crippen molar-refractivity contribution in [1.29, 1.82) is 0 Å². The Labute approximate surface area is 97.3 Å². The monoisotopic (exact) mass is 236 g/mol. The highest BCUT2D eigenvalue weighted by atomic mass is 35.5. The summed E-state index contributed by atoms with van der Waals surface area (Å²) in [6.07, 6.45) is 3.78. The van der Waals surface area contributed by atoms with Crippen molar-refractivity contribution in [1.82, 2.24) is 5.32 Å². The maximum absolute atomic E-state index is 11.7. The summed E-state index contributed by atoms with van der Waals surface area (Å²) in [4.78, 5) is 11.7. The van der Waals surface area contributed by atoms with E-state index in [-0.39, 0.29) is 24.4 Å². The molecule has 1 saturated carbocycles. The molecular weight excluding hydrogens is 216 g/mol. The molecule has 0 spiro atoms. The number of carbonyl (C=O) groups is 1. The summed E-state index contributed by atoms with van der Waals surface area (Å²) >= 11 is 0. The number of hydrogen-bond acceptors (Lipinski definition) is 3. The Morgan fingerprint density at radius 1 is 1.53 bits per heavy atom. The number of hydrogen-bond donors (Lipinski definition) is 2. The van der Waals surface area contributed by atoms with Crippen LogP contribution in [0.5, 0.6) is 0 Å². The summed E-state index contributed by atoms with van der Waals surface area (Å²) in [6.45, 7) is 2.45. The Bertz CT molecular complexity index is 206. The minimum absolute atomic E-state index is 0. The van der Waals surface area contributed by atoms with Gasteiger partial charge in [0, 0.05) is 13.7 Å². The molecule has 1 amide bonds. The molecule has 5 heteroatoms. The predicted molar refractivity (Wildman–Crippen MR) is 62.1 cm³/mol. The molecule has 0 bridgehead atoms. The molecule has 1 fully saturated rings. The average molecular weight is 237 g/mol. The summed E-state index contributed by atoms with van der Waals surface area (Å²) in [5, 5.41) is 2.83. The Morgan fingerprint density at radius 3 is 2.53 bits per heavy atom. The lowest BCUT2D eigenvalue weighted by molar-refractivity contribution is -0.126. The Balaban J connectivity index is 0.00000196. The Hall–Kier alpha value is -0.320. The zero-order valence-corrected chi connectivity index (χ0v) is 10.2. The highest BCUT2D eigenvalue weighted by Gasteiger charge is 2.36. The number of halogens is 1. The summed E-state index contributed by atoms with van der Waals surface area (Å²) < 4.78 is 5.04. The molecule has 1 aliphatic rings. The fraction of sp³-hybridized carbons (Fsp3) is 0.900. The van der Waals surface area contributed by atoms with Crippen LogP contribution in [0.15, 0.2) is 0 Å². The third-order valence-electron chi connectivity index (χ3n) is 2.90. The second-order valence-electron chi connectivity index (χ2n) is 4.12. The molecule has 0 aliphatic heterocycles. The van der Waals surface area contributed by atoms with E-state index < -0.39 is 5.54 Å². The van der Waals surface area contributed by atoms with Gasteiger partial charge in [0.25, 0.3) is 0 Å². The van der Waals surface area contributed by atoms with Crippen LogP contribution in [-0.2, 0) is 9.53 Å². The number of nitrogens with two attached hydrogens (primary N) is 1. The van der Waals surface area contributed by atoms with Crippen molar-refractivity contribution in [3.8, 4) is 0 Å². The molecule has 0 radical (unpaired) electrons. The van der Waals surface area contributed by atoms with E-state index in [0.29, 0.717) is 6.54 Å². The molecule has 0 heterocycles. The standard InChI is InChI=1S/C10H20N2O2.ClH/c1-8(14-2)7-12-9(13)10(11)5-3-4-6-10;/h8H,3-7,11H2,1-2H3,(H,12,13);1H. The van der Waals surface area contributed by atoms with Gasteiger partial charge in [-0.05, 0) is 19.8 Å². The quantitative estimate of drug-likeness (QED) is 0.760. The molecule has 1 aliphatic carbocycles. The molecule has 4 nitrogen and oxygen atoms in total. The molecule has 3 N–H and O–H groups in total. The van der Waals surface area contributed by atoms with Crippen molar-refractivity contribution in [3.05, 3.63) is 0 Å². The van der Waals surface area contributed by atoms with Gasteiger partial charge in [0.05, 0.1) is 11.6 Å². The second-order valence-corrected chi connectivity index (χ2v) is 4.12. The number of ether oxygens (including phenoxy) is 1.